The highest BCUT2D eigenvalue weighted by Gasteiger charge is 2.33. The number of carbonyl (C=O) groups excluding carboxylic acids is 1. The van der Waals surface area contributed by atoms with Crippen molar-refractivity contribution in [3.8, 4) is 0 Å². The number of guanidine groups is 1. The van der Waals surface area contributed by atoms with Crippen LogP contribution in [0.15, 0.2) is 4.99 Å². The van der Waals surface area contributed by atoms with Crippen molar-refractivity contribution >= 4 is 35.8 Å². The number of hydrogen-bond donors (Lipinski definition) is 2. The third kappa shape index (κ3) is 9.38. The van der Waals surface area contributed by atoms with Crippen molar-refractivity contribution < 1.29 is 9.53 Å². The van der Waals surface area contributed by atoms with E-state index in [4.69, 9.17) is 9.73 Å². The van der Waals surface area contributed by atoms with Gasteiger partial charge < -0.3 is 20.3 Å². The highest BCUT2D eigenvalue weighted by Crippen LogP contribution is 2.41. The molecule has 2 N–H and O–H groups in total. The van der Waals surface area contributed by atoms with Crippen molar-refractivity contribution in [1.82, 2.24) is 20.4 Å². The lowest BCUT2D eigenvalue weighted by atomic mass is 9.83. The van der Waals surface area contributed by atoms with Gasteiger partial charge in [-0.25, -0.2) is 0 Å². The molecule has 29 heavy (non-hydrogen) atoms. The van der Waals surface area contributed by atoms with Crippen LogP contribution in [0.25, 0.3) is 0 Å². The largest absolute Gasteiger partial charge is 0.382 e. The number of ether oxygens (including phenoxy) is 1. The molecule has 8 heteroatoms. The summed E-state index contributed by atoms with van der Waals surface area (Å²) in [5.74, 6) is 1.11. The summed E-state index contributed by atoms with van der Waals surface area (Å²) in [6.07, 6.45) is 6.28. The monoisotopic (exact) mass is 523 g/mol. The van der Waals surface area contributed by atoms with Crippen LogP contribution in [0.1, 0.15) is 52.9 Å². The molecule has 0 bridgehead atoms. The SMILES string of the molecule is CCNC(=NCC1(CCOCC)CCCC1)NCCN1CCN(C(C)=O)CC1.I. The van der Waals surface area contributed by atoms with Crippen LogP contribution in [0.5, 0.6) is 0 Å². The van der Waals surface area contributed by atoms with Crippen LogP contribution >= 0.6 is 24.0 Å². The second-order valence-electron chi connectivity index (χ2n) is 8.12. The number of nitrogens with one attached hydrogen (secondary N) is 2. The maximum Gasteiger partial charge on any atom is 0.219 e. The summed E-state index contributed by atoms with van der Waals surface area (Å²) in [5, 5.41) is 6.88. The molecule has 0 unspecified atom stereocenters. The molecule has 2 aliphatic rings. The predicted molar refractivity (Wildman–Crippen MR) is 130 cm³/mol. The van der Waals surface area contributed by atoms with Gasteiger partial charge in [-0.2, -0.15) is 0 Å². The van der Waals surface area contributed by atoms with Crippen molar-refractivity contribution in [1.29, 1.82) is 0 Å². The van der Waals surface area contributed by atoms with Gasteiger partial charge in [0.2, 0.25) is 5.91 Å². The van der Waals surface area contributed by atoms with Gasteiger partial charge in [-0.15, -0.1) is 24.0 Å². The topological polar surface area (TPSA) is 69.2 Å². The smallest absolute Gasteiger partial charge is 0.219 e. The zero-order chi connectivity index (χ0) is 20.2. The maximum absolute atomic E-state index is 11.4. The fourth-order valence-electron chi connectivity index (χ4n) is 4.25. The van der Waals surface area contributed by atoms with E-state index in [1.54, 1.807) is 6.92 Å². The lowest BCUT2D eigenvalue weighted by Gasteiger charge is -2.34. The summed E-state index contributed by atoms with van der Waals surface area (Å²) in [6, 6.07) is 0. The number of rotatable bonds is 10. The molecule has 2 fully saturated rings. The highest BCUT2D eigenvalue weighted by atomic mass is 127. The fraction of sp³-hybridized carbons (Fsp3) is 0.905. The van der Waals surface area contributed by atoms with Crippen LogP contribution < -0.4 is 10.6 Å². The second kappa shape index (κ2) is 14.4. The molecule has 7 nitrogen and oxygen atoms in total. The van der Waals surface area contributed by atoms with Crippen LogP contribution in [0.3, 0.4) is 0 Å². The lowest BCUT2D eigenvalue weighted by Crippen LogP contribution is -2.50. The van der Waals surface area contributed by atoms with Crippen molar-refractivity contribution in [2.45, 2.75) is 52.9 Å². The van der Waals surface area contributed by atoms with E-state index in [9.17, 15) is 4.79 Å². The lowest BCUT2D eigenvalue weighted by molar-refractivity contribution is -0.130. The Balaban J connectivity index is 0.00000420. The molecular weight excluding hydrogens is 481 g/mol. The molecule has 2 rings (SSSR count). The number of piperazine rings is 1. The molecule has 0 aromatic carbocycles. The van der Waals surface area contributed by atoms with Crippen LogP contribution in [-0.4, -0.2) is 87.2 Å². The van der Waals surface area contributed by atoms with Crippen LogP contribution in [0.2, 0.25) is 0 Å². The van der Waals surface area contributed by atoms with E-state index in [1.165, 1.54) is 25.7 Å². The van der Waals surface area contributed by atoms with E-state index < -0.39 is 0 Å². The number of aliphatic imine (C=N–C) groups is 1. The molecule has 1 aliphatic heterocycles. The highest BCUT2D eigenvalue weighted by molar-refractivity contribution is 14.0. The van der Waals surface area contributed by atoms with Crippen molar-refractivity contribution in [2.24, 2.45) is 10.4 Å². The summed E-state index contributed by atoms with van der Waals surface area (Å²) in [7, 11) is 0. The summed E-state index contributed by atoms with van der Waals surface area (Å²) >= 11 is 0. The van der Waals surface area contributed by atoms with Gasteiger partial charge in [-0.1, -0.05) is 12.8 Å². The van der Waals surface area contributed by atoms with Crippen LogP contribution in [0, 0.1) is 5.41 Å². The van der Waals surface area contributed by atoms with Crippen LogP contribution in [-0.2, 0) is 9.53 Å². The molecular formula is C21H42IN5O2. The van der Waals surface area contributed by atoms with Crippen molar-refractivity contribution in [3.63, 3.8) is 0 Å². The van der Waals surface area contributed by atoms with Gasteiger partial charge in [0.25, 0.3) is 0 Å². The summed E-state index contributed by atoms with van der Waals surface area (Å²) in [5.41, 5.74) is 0.320. The predicted octanol–water partition coefficient (Wildman–Crippen LogP) is 2.31. The van der Waals surface area contributed by atoms with Crippen molar-refractivity contribution in [3.05, 3.63) is 0 Å². The Morgan fingerprint density at radius 1 is 1.10 bits per heavy atom. The first-order valence-electron chi connectivity index (χ1n) is 11.2. The number of halogens is 1. The Morgan fingerprint density at radius 2 is 1.79 bits per heavy atom. The van der Waals surface area contributed by atoms with E-state index in [2.05, 4.69) is 29.4 Å². The minimum absolute atomic E-state index is 0. The van der Waals surface area contributed by atoms with Crippen molar-refractivity contribution in [2.75, 3.05) is 65.6 Å². The van der Waals surface area contributed by atoms with Gasteiger partial charge in [-0.05, 0) is 38.5 Å². The van der Waals surface area contributed by atoms with E-state index >= 15 is 0 Å². The Kier molecular flexibility index (Phi) is 13.1. The zero-order valence-electron chi connectivity index (χ0n) is 18.7. The average Bonchev–Trinajstić information content (AvgIpc) is 3.16. The minimum atomic E-state index is 0. The first-order valence-corrected chi connectivity index (χ1v) is 11.2. The standard InChI is InChI=1S/C21H41N5O2.HI/c1-4-22-20(23-11-12-25-13-15-26(16-14-25)19(3)27)24-18-21(8-6-7-9-21)10-17-28-5-2;/h4-18H2,1-3H3,(H2,22,23,24);1H. The zero-order valence-corrected chi connectivity index (χ0v) is 21.0. The van der Waals surface area contributed by atoms with Gasteiger partial charge in [0, 0.05) is 72.5 Å². The summed E-state index contributed by atoms with van der Waals surface area (Å²) in [4.78, 5) is 20.7. The van der Waals surface area contributed by atoms with Gasteiger partial charge in [0.1, 0.15) is 0 Å². The quantitative estimate of drug-likeness (QED) is 0.199. The van der Waals surface area contributed by atoms with E-state index in [1.807, 2.05) is 4.90 Å². The summed E-state index contributed by atoms with van der Waals surface area (Å²) in [6.45, 7) is 14.7. The molecule has 1 heterocycles. The van der Waals surface area contributed by atoms with Gasteiger partial charge in [0.15, 0.2) is 5.96 Å². The van der Waals surface area contributed by atoms with E-state index in [0.29, 0.717) is 5.41 Å². The molecule has 1 saturated carbocycles. The fourth-order valence-corrected chi connectivity index (χ4v) is 4.25. The molecule has 1 aliphatic carbocycles. The molecule has 1 saturated heterocycles. The first kappa shape index (κ1) is 26.4. The minimum Gasteiger partial charge on any atom is -0.382 e. The van der Waals surface area contributed by atoms with E-state index in [-0.39, 0.29) is 29.9 Å². The Hall–Kier alpha value is -0.610. The number of nitrogens with zero attached hydrogens (tertiary/aromatic N) is 3. The molecule has 0 aromatic heterocycles. The maximum atomic E-state index is 11.4. The Morgan fingerprint density at radius 3 is 2.38 bits per heavy atom. The molecule has 0 aromatic rings. The normalized spacial score (nSPS) is 19.7. The Labute approximate surface area is 194 Å². The number of hydrogen-bond acceptors (Lipinski definition) is 4. The average molecular weight is 524 g/mol. The molecule has 170 valence electrons. The molecule has 0 spiro atoms. The Bertz CT molecular complexity index is 489. The van der Waals surface area contributed by atoms with Crippen LogP contribution in [0.4, 0.5) is 0 Å². The first-order chi connectivity index (χ1) is 13.6. The molecule has 0 radical (unpaired) electrons. The third-order valence-corrected chi connectivity index (χ3v) is 6.10. The second-order valence-corrected chi connectivity index (χ2v) is 8.12. The number of carbonyl (C=O) groups is 1. The molecule has 0 atom stereocenters. The molecule has 1 amide bonds. The third-order valence-electron chi connectivity index (χ3n) is 6.10. The summed E-state index contributed by atoms with van der Waals surface area (Å²) < 4.78 is 5.62. The van der Waals surface area contributed by atoms with Gasteiger partial charge >= 0.3 is 0 Å². The van der Waals surface area contributed by atoms with E-state index in [0.717, 1.165) is 78.0 Å². The van der Waals surface area contributed by atoms with Gasteiger partial charge in [0.05, 0.1) is 0 Å². The van der Waals surface area contributed by atoms with Gasteiger partial charge in [-0.3, -0.25) is 14.7 Å². The number of amides is 1.